The molecule has 0 saturated carbocycles. The first-order valence-electron chi connectivity index (χ1n) is 6.29. The summed E-state index contributed by atoms with van der Waals surface area (Å²) in [5, 5.41) is 2.70. The van der Waals surface area contributed by atoms with E-state index in [-0.39, 0.29) is 5.91 Å². The quantitative estimate of drug-likeness (QED) is 0.738. The van der Waals surface area contributed by atoms with Crippen molar-refractivity contribution in [3.8, 4) is 0 Å². The summed E-state index contributed by atoms with van der Waals surface area (Å²) in [5.74, 6) is 0.0580. The van der Waals surface area contributed by atoms with E-state index < -0.39 is 12.0 Å². The number of benzene rings is 1. The van der Waals surface area contributed by atoms with Crippen molar-refractivity contribution in [3.63, 3.8) is 0 Å². The third kappa shape index (κ3) is 4.86. The summed E-state index contributed by atoms with van der Waals surface area (Å²) in [6, 6.07) is 6.36. The fraction of sp³-hybridized carbons (Fsp3) is 0.429. The van der Waals surface area contributed by atoms with Gasteiger partial charge in [0.25, 0.3) is 5.91 Å². The third-order valence-corrected chi connectivity index (χ3v) is 3.50. The van der Waals surface area contributed by atoms with Crippen molar-refractivity contribution < 1.29 is 14.3 Å². The Bertz CT molecular complexity index is 448. The number of esters is 1. The van der Waals surface area contributed by atoms with Crippen LogP contribution in [-0.4, -0.2) is 37.0 Å². The molecule has 20 heavy (non-hydrogen) atoms. The summed E-state index contributed by atoms with van der Waals surface area (Å²) in [5.41, 5.74) is 6.96. The fourth-order valence-corrected chi connectivity index (χ4v) is 2.13. The number of thioether (sulfide) groups is 1. The van der Waals surface area contributed by atoms with E-state index in [0.717, 1.165) is 11.3 Å². The standard InChI is InChI=1S/C14H20N2O3S/c1-19-14(18)12(7-8-20-2)16-13(17)11-5-3-10(9-15)4-6-11/h3-6,12H,7-9,15H2,1-2H3,(H,16,17)/t12-/m0/s1. The molecule has 0 saturated heterocycles. The van der Waals surface area contributed by atoms with E-state index >= 15 is 0 Å². The van der Waals surface area contributed by atoms with Gasteiger partial charge >= 0.3 is 5.97 Å². The molecule has 1 aromatic carbocycles. The SMILES string of the molecule is COC(=O)[C@H](CCSC)NC(=O)c1ccc(CN)cc1. The number of amides is 1. The smallest absolute Gasteiger partial charge is 0.328 e. The lowest BCUT2D eigenvalue weighted by molar-refractivity contribution is -0.142. The van der Waals surface area contributed by atoms with Crippen LogP contribution in [0.3, 0.4) is 0 Å². The van der Waals surface area contributed by atoms with Crippen molar-refractivity contribution in [1.29, 1.82) is 0 Å². The lowest BCUT2D eigenvalue weighted by Gasteiger charge is -2.16. The minimum Gasteiger partial charge on any atom is -0.467 e. The number of ether oxygens (including phenoxy) is 1. The van der Waals surface area contributed by atoms with E-state index in [9.17, 15) is 9.59 Å². The number of methoxy groups -OCH3 is 1. The van der Waals surface area contributed by atoms with Crippen molar-refractivity contribution in [2.45, 2.75) is 19.0 Å². The Hall–Kier alpha value is -1.53. The van der Waals surface area contributed by atoms with E-state index in [1.807, 2.05) is 6.26 Å². The third-order valence-electron chi connectivity index (χ3n) is 2.85. The summed E-state index contributed by atoms with van der Waals surface area (Å²) >= 11 is 1.61. The molecular weight excluding hydrogens is 276 g/mol. The van der Waals surface area contributed by atoms with Crippen LogP contribution in [0.4, 0.5) is 0 Å². The second-order valence-electron chi connectivity index (χ2n) is 4.23. The normalized spacial score (nSPS) is 11.8. The second-order valence-corrected chi connectivity index (χ2v) is 5.22. The average Bonchev–Trinajstić information content (AvgIpc) is 2.50. The first kappa shape index (κ1) is 16.5. The molecule has 1 atom stereocenters. The van der Waals surface area contributed by atoms with Gasteiger partial charge in [-0.15, -0.1) is 0 Å². The van der Waals surface area contributed by atoms with Gasteiger partial charge in [-0.25, -0.2) is 4.79 Å². The molecule has 0 bridgehead atoms. The van der Waals surface area contributed by atoms with Crippen molar-refractivity contribution in [3.05, 3.63) is 35.4 Å². The van der Waals surface area contributed by atoms with Gasteiger partial charge in [0.2, 0.25) is 0 Å². The minimum atomic E-state index is -0.617. The maximum absolute atomic E-state index is 12.1. The Morgan fingerprint density at radius 1 is 1.35 bits per heavy atom. The zero-order chi connectivity index (χ0) is 15.0. The predicted octanol–water partition coefficient (Wildman–Crippen LogP) is 1.17. The monoisotopic (exact) mass is 296 g/mol. The highest BCUT2D eigenvalue weighted by Crippen LogP contribution is 2.07. The lowest BCUT2D eigenvalue weighted by Crippen LogP contribution is -2.41. The van der Waals surface area contributed by atoms with Crippen LogP contribution in [0.1, 0.15) is 22.3 Å². The lowest BCUT2D eigenvalue weighted by atomic mass is 10.1. The van der Waals surface area contributed by atoms with Gasteiger partial charge < -0.3 is 15.8 Å². The van der Waals surface area contributed by atoms with Crippen LogP contribution in [-0.2, 0) is 16.1 Å². The highest BCUT2D eigenvalue weighted by molar-refractivity contribution is 7.98. The van der Waals surface area contributed by atoms with Gasteiger partial charge in [-0.2, -0.15) is 11.8 Å². The van der Waals surface area contributed by atoms with Gasteiger partial charge in [-0.3, -0.25) is 4.79 Å². The van der Waals surface area contributed by atoms with E-state index in [1.54, 1.807) is 36.0 Å². The summed E-state index contributed by atoms with van der Waals surface area (Å²) in [6.07, 6.45) is 2.49. The summed E-state index contributed by atoms with van der Waals surface area (Å²) < 4.78 is 4.70. The first-order chi connectivity index (χ1) is 9.62. The maximum Gasteiger partial charge on any atom is 0.328 e. The van der Waals surface area contributed by atoms with E-state index in [2.05, 4.69) is 5.32 Å². The molecule has 0 heterocycles. The van der Waals surface area contributed by atoms with Crippen molar-refractivity contribution in [2.24, 2.45) is 5.73 Å². The number of rotatable bonds is 7. The summed E-state index contributed by atoms with van der Waals surface area (Å²) in [6.45, 7) is 0.431. The Balaban J connectivity index is 2.70. The van der Waals surface area contributed by atoms with E-state index in [1.165, 1.54) is 7.11 Å². The van der Waals surface area contributed by atoms with Crippen molar-refractivity contribution >= 4 is 23.6 Å². The molecule has 0 aliphatic carbocycles. The van der Waals surface area contributed by atoms with Gasteiger partial charge in [0, 0.05) is 12.1 Å². The topological polar surface area (TPSA) is 81.4 Å². The largest absolute Gasteiger partial charge is 0.467 e. The van der Waals surface area contributed by atoms with Crippen LogP contribution in [0.15, 0.2) is 24.3 Å². The molecule has 6 heteroatoms. The van der Waals surface area contributed by atoms with Crippen LogP contribution in [0.5, 0.6) is 0 Å². The molecule has 3 N–H and O–H groups in total. The number of nitrogens with two attached hydrogens (primary N) is 1. The van der Waals surface area contributed by atoms with Gasteiger partial charge in [0.05, 0.1) is 7.11 Å². The van der Waals surface area contributed by atoms with E-state index in [4.69, 9.17) is 10.5 Å². The van der Waals surface area contributed by atoms with Gasteiger partial charge in [0.15, 0.2) is 0 Å². The Kier molecular flexibility index (Phi) is 7.11. The Morgan fingerprint density at radius 3 is 2.50 bits per heavy atom. The molecule has 110 valence electrons. The van der Waals surface area contributed by atoms with Crippen LogP contribution in [0, 0.1) is 0 Å². The molecule has 5 nitrogen and oxygen atoms in total. The fourth-order valence-electron chi connectivity index (χ4n) is 1.66. The molecule has 0 spiro atoms. The maximum atomic E-state index is 12.1. The number of carbonyl (C=O) groups is 2. The van der Waals surface area contributed by atoms with Gasteiger partial charge in [-0.1, -0.05) is 12.1 Å². The predicted molar refractivity (Wildman–Crippen MR) is 80.6 cm³/mol. The zero-order valence-electron chi connectivity index (χ0n) is 11.7. The minimum absolute atomic E-state index is 0.287. The molecule has 0 unspecified atom stereocenters. The average molecular weight is 296 g/mol. The van der Waals surface area contributed by atoms with Crippen LogP contribution in [0.25, 0.3) is 0 Å². The van der Waals surface area contributed by atoms with Gasteiger partial charge in [-0.05, 0) is 36.1 Å². The highest BCUT2D eigenvalue weighted by atomic mass is 32.2. The molecule has 0 fully saturated rings. The first-order valence-corrected chi connectivity index (χ1v) is 7.68. The molecular formula is C14H20N2O3S. The van der Waals surface area contributed by atoms with Crippen molar-refractivity contribution in [1.82, 2.24) is 5.32 Å². The molecule has 0 aliphatic heterocycles. The number of hydrogen-bond acceptors (Lipinski definition) is 5. The molecule has 0 aliphatic rings. The molecule has 0 radical (unpaired) electrons. The molecule has 1 amide bonds. The number of hydrogen-bond donors (Lipinski definition) is 2. The van der Waals surface area contributed by atoms with Crippen LogP contribution >= 0.6 is 11.8 Å². The molecule has 1 rings (SSSR count). The van der Waals surface area contributed by atoms with Gasteiger partial charge in [0.1, 0.15) is 6.04 Å². The second kappa shape index (κ2) is 8.60. The number of nitrogens with one attached hydrogen (secondary N) is 1. The Morgan fingerprint density at radius 2 is 2.00 bits per heavy atom. The van der Waals surface area contributed by atoms with Crippen molar-refractivity contribution in [2.75, 3.05) is 19.1 Å². The summed E-state index contributed by atoms with van der Waals surface area (Å²) in [7, 11) is 1.32. The van der Waals surface area contributed by atoms with E-state index in [0.29, 0.717) is 18.5 Å². The number of carbonyl (C=O) groups excluding carboxylic acids is 2. The molecule has 1 aromatic rings. The Labute approximate surface area is 123 Å². The molecule has 0 aromatic heterocycles. The van der Waals surface area contributed by atoms with Crippen LogP contribution < -0.4 is 11.1 Å². The van der Waals surface area contributed by atoms with Crippen LogP contribution in [0.2, 0.25) is 0 Å². The highest BCUT2D eigenvalue weighted by Gasteiger charge is 2.21. The zero-order valence-corrected chi connectivity index (χ0v) is 12.5. The summed E-state index contributed by atoms with van der Waals surface area (Å²) in [4.78, 5) is 23.7.